The smallest absolute Gasteiger partial charge is 0.397 e. The van der Waals surface area contributed by atoms with Crippen LogP contribution in [0.2, 0.25) is 0 Å². The van der Waals surface area contributed by atoms with Crippen LogP contribution in [0.5, 0.6) is 0 Å². The number of carbonyl (C=O) groups excluding carboxylic acids is 1. The summed E-state index contributed by atoms with van der Waals surface area (Å²) in [5.74, 6) is -0.600. The van der Waals surface area contributed by atoms with Crippen LogP contribution in [0, 0.1) is 0 Å². The Balaban J connectivity index is 1.86. The molecule has 0 spiro atoms. The van der Waals surface area contributed by atoms with Gasteiger partial charge in [0.1, 0.15) is 9.71 Å². The zero-order chi connectivity index (χ0) is 19.9. The van der Waals surface area contributed by atoms with E-state index in [4.69, 9.17) is 5.73 Å². The van der Waals surface area contributed by atoms with Crippen LogP contribution in [-0.2, 0) is 6.18 Å². The van der Waals surface area contributed by atoms with E-state index in [1.165, 1.54) is 23.7 Å². The van der Waals surface area contributed by atoms with Crippen LogP contribution in [-0.4, -0.2) is 15.9 Å². The Bertz CT molecular complexity index is 1160. The summed E-state index contributed by atoms with van der Waals surface area (Å²) in [6.07, 6.45) is -1.66. The summed E-state index contributed by atoms with van der Waals surface area (Å²) in [5, 5.41) is 4.11. The number of hydrogen-bond acceptors (Lipinski definition) is 6. The number of nitrogens with one attached hydrogen (secondary N) is 1. The number of anilines is 2. The first kappa shape index (κ1) is 18.4. The first-order chi connectivity index (χ1) is 13.3. The van der Waals surface area contributed by atoms with Gasteiger partial charge in [0.05, 0.1) is 21.8 Å². The number of nitrogens with zero attached hydrogens (tertiary/aromatic N) is 2. The molecular weight excluding hydrogens is 409 g/mol. The Morgan fingerprint density at radius 3 is 2.57 bits per heavy atom. The van der Waals surface area contributed by atoms with Crippen LogP contribution in [0.15, 0.2) is 48.1 Å². The fourth-order valence-corrected chi connectivity index (χ4v) is 4.39. The summed E-state index contributed by atoms with van der Waals surface area (Å²) in [7, 11) is 0. The lowest BCUT2D eigenvalue weighted by Crippen LogP contribution is -2.12. The van der Waals surface area contributed by atoms with Crippen molar-refractivity contribution >= 4 is 50.2 Å². The lowest BCUT2D eigenvalue weighted by Gasteiger charge is -2.10. The fourth-order valence-electron chi connectivity index (χ4n) is 2.69. The van der Waals surface area contributed by atoms with E-state index in [-0.39, 0.29) is 26.5 Å². The van der Waals surface area contributed by atoms with E-state index >= 15 is 0 Å². The van der Waals surface area contributed by atoms with Gasteiger partial charge in [-0.25, -0.2) is 4.98 Å². The number of thiophene rings is 2. The molecule has 3 N–H and O–H groups in total. The van der Waals surface area contributed by atoms with Crippen LogP contribution in [0.1, 0.15) is 15.2 Å². The predicted octanol–water partition coefficient (Wildman–Crippen LogP) is 5.27. The van der Waals surface area contributed by atoms with Crippen molar-refractivity contribution in [3.63, 3.8) is 0 Å². The molecule has 0 unspecified atom stereocenters. The van der Waals surface area contributed by atoms with E-state index < -0.39 is 17.6 Å². The molecule has 0 bridgehead atoms. The number of nitrogen functional groups attached to an aromatic ring is 1. The molecule has 0 aliphatic rings. The molecule has 28 heavy (non-hydrogen) atoms. The van der Waals surface area contributed by atoms with E-state index in [9.17, 15) is 18.0 Å². The zero-order valence-corrected chi connectivity index (χ0v) is 15.6. The highest BCUT2D eigenvalue weighted by molar-refractivity contribution is 7.21. The van der Waals surface area contributed by atoms with Crippen LogP contribution in [0.3, 0.4) is 0 Å². The van der Waals surface area contributed by atoms with Gasteiger partial charge in [-0.3, -0.25) is 9.78 Å². The fraction of sp³-hybridized carbons (Fsp3) is 0.0556. The predicted molar refractivity (Wildman–Crippen MR) is 105 cm³/mol. The maximum Gasteiger partial charge on any atom is 0.417 e. The molecule has 10 heteroatoms. The number of pyridine rings is 2. The molecular formula is C18H11F3N4OS2. The number of amides is 1. The minimum absolute atomic E-state index is 0.0202. The Morgan fingerprint density at radius 2 is 1.93 bits per heavy atom. The lowest BCUT2D eigenvalue weighted by atomic mass is 10.1. The van der Waals surface area contributed by atoms with Crippen molar-refractivity contribution in [3.8, 4) is 10.6 Å². The largest absolute Gasteiger partial charge is 0.417 e. The molecule has 0 fully saturated rings. The minimum Gasteiger partial charge on any atom is -0.397 e. The van der Waals surface area contributed by atoms with E-state index in [0.717, 1.165) is 17.4 Å². The van der Waals surface area contributed by atoms with Crippen molar-refractivity contribution in [1.29, 1.82) is 0 Å². The number of nitrogens with two attached hydrogens (primary N) is 1. The Morgan fingerprint density at radius 1 is 1.18 bits per heavy atom. The number of hydrogen-bond donors (Lipinski definition) is 2. The number of rotatable bonds is 3. The van der Waals surface area contributed by atoms with E-state index in [1.807, 2.05) is 0 Å². The van der Waals surface area contributed by atoms with Gasteiger partial charge >= 0.3 is 6.18 Å². The summed E-state index contributed by atoms with van der Waals surface area (Å²) in [4.78, 5) is 21.4. The molecule has 4 aromatic heterocycles. The van der Waals surface area contributed by atoms with Crippen LogP contribution < -0.4 is 11.1 Å². The van der Waals surface area contributed by atoms with Gasteiger partial charge in [-0.05, 0) is 29.6 Å². The van der Waals surface area contributed by atoms with Crippen LogP contribution >= 0.6 is 22.7 Å². The van der Waals surface area contributed by atoms with E-state index in [1.54, 1.807) is 29.6 Å². The molecule has 0 saturated carbocycles. The maximum atomic E-state index is 13.7. The normalized spacial score (nSPS) is 11.7. The summed E-state index contributed by atoms with van der Waals surface area (Å²) >= 11 is 2.12. The van der Waals surface area contributed by atoms with Crippen molar-refractivity contribution in [1.82, 2.24) is 9.97 Å². The molecule has 0 saturated heterocycles. The number of carbonyl (C=O) groups is 1. The summed E-state index contributed by atoms with van der Waals surface area (Å²) in [5.41, 5.74) is 5.47. The molecule has 0 atom stereocenters. The lowest BCUT2D eigenvalue weighted by molar-refractivity contribution is -0.136. The summed E-state index contributed by atoms with van der Waals surface area (Å²) in [6, 6.07) is 7.52. The number of halogens is 3. The molecule has 0 aliphatic heterocycles. The first-order valence-corrected chi connectivity index (χ1v) is 9.59. The molecule has 4 rings (SSSR count). The van der Waals surface area contributed by atoms with Crippen molar-refractivity contribution < 1.29 is 18.0 Å². The number of aromatic nitrogens is 2. The monoisotopic (exact) mass is 420 g/mol. The van der Waals surface area contributed by atoms with Gasteiger partial charge in [-0.1, -0.05) is 6.07 Å². The van der Waals surface area contributed by atoms with Gasteiger partial charge in [-0.2, -0.15) is 13.2 Å². The van der Waals surface area contributed by atoms with Crippen LogP contribution in [0.25, 0.3) is 20.8 Å². The highest BCUT2D eigenvalue weighted by Gasteiger charge is 2.36. The highest BCUT2D eigenvalue weighted by Crippen LogP contribution is 2.44. The molecule has 5 nitrogen and oxygen atoms in total. The Hall–Kier alpha value is -2.98. The molecule has 0 radical (unpaired) electrons. The third-order valence-electron chi connectivity index (χ3n) is 3.92. The third-order valence-corrected chi connectivity index (χ3v) is 5.91. The van der Waals surface area contributed by atoms with Crippen molar-refractivity contribution in [2.45, 2.75) is 6.18 Å². The van der Waals surface area contributed by atoms with Crippen molar-refractivity contribution in [3.05, 3.63) is 58.5 Å². The first-order valence-electron chi connectivity index (χ1n) is 7.90. The Labute approximate surface area is 164 Å². The van der Waals surface area contributed by atoms with E-state index in [2.05, 4.69) is 15.3 Å². The molecule has 4 heterocycles. The molecule has 0 aliphatic carbocycles. The molecule has 0 aromatic carbocycles. The number of alkyl halides is 3. The minimum atomic E-state index is -4.64. The maximum absolute atomic E-state index is 13.7. The van der Waals surface area contributed by atoms with E-state index in [0.29, 0.717) is 10.6 Å². The van der Waals surface area contributed by atoms with Gasteiger partial charge < -0.3 is 11.1 Å². The standard InChI is InChI=1S/C18H11F3N4OS2/c19-18(20,21)10-8-11(12-2-1-7-27-12)25-17-13(10)14(22)15(28-17)16(26)24-9-3-5-23-6-4-9/h1-8H,22H2,(H,23,24,26). The topological polar surface area (TPSA) is 80.9 Å². The van der Waals surface area contributed by atoms with Crippen molar-refractivity contribution in [2.24, 2.45) is 0 Å². The number of fused-ring (bicyclic) bond motifs is 1. The second-order valence-corrected chi connectivity index (χ2v) is 7.69. The average Bonchev–Trinajstić information content (AvgIpc) is 3.29. The second kappa shape index (κ2) is 6.88. The van der Waals surface area contributed by atoms with Gasteiger partial charge in [0, 0.05) is 23.5 Å². The molecule has 4 aromatic rings. The van der Waals surface area contributed by atoms with Crippen LogP contribution in [0.4, 0.5) is 24.5 Å². The van der Waals surface area contributed by atoms with Gasteiger partial charge in [0.15, 0.2) is 0 Å². The molecule has 142 valence electrons. The van der Waals surface area contributed by atoms with Gasteiger partial charge in [0.2, 0.25) is 0 Å². The van der Waals surface area contributed by atoms with Gasteiger partial charge in [0.25, 0.3) is 5.91 Å². The SMILES string of the molecule is Nc1c(C(=O)Nc2ccncc2)sc2nc(-c3cccs3)cc(C(F)(F)F)c12. The Kier molecular flexibility index (Phi) is 4.52. The van der Waals surface area contributed by atoms with Gasteiger partial charge in [-0.15, -0.1) is 22.7 Å². The third kappa shape index (κ3) is 3.32. The summed E-state index contributed by atoms with van der Waals surface area (Å²) < 4.78 is 41.1. The quantitative estimate of drug-likeness (QED) is 0.473. The highest BCUT2D eigenvalue weighted by atomic mass is 32.1. The molecule has 1 amide bonds. The van der Waals surface area contributed by atoms with Crippen molar-refractivity contribution in [2.75, 3.05) is 11.1 Å². The average molecular weight is 420 g/mol. The second-order valence-electron chi connectivity index (χ2n) is 5.75. The zero-order valence-electron chi connectivity index (χ0n) is 13.9. The summed E-state index contributed by atoms with van der Waals surface area (Å²) in [6.45, 7) is 0.